The van der Waals surface area contributed by atoms with Gasteiger partial charge in [0.15, 0.2) is 0 Å². The van der Waals surface area contributed by atoms with Gasteiger partial charge in [-0.2, -0.15) is 0 Å². The molecule has 2 rings (SSSR count). The molecule has 1 aliphatic carbocycles. The Morgan fingerprint density at radius 2 is 2.19 bits per heavy atom. The molecule has 0 aromatic heterocycles. The Balaban J connectivity index is 2.15. The highest BCUT2D eigenvalue weighted by Crippen LogP contribution is 2.28. The topological polar surface area (TPSA) is 12.0 Å². The van der Waals surface area contributed by atoms with Gasteiger partial charge in [0.1, 0.15) is 0 Å². The van der Waals surface area contributed by atoms with E-state index in [9.17, 15) is 0 Å². The van der Waals surface area contributed by atoms with Crippen LogP contribution in [-0.4, -0.2) is 6.54 Å². The van der Waals surface area contributed by atoms with Crippen molar-refractivity contribution in [2.45, 2.75) is 31.7 Å². The van der Waals surface area contributed by atoms with Crippen LogP contribution in [0.4, 0.5) is 0 Å². The zero-order chi connectivity index (χ0) is 11.4. The maximum Gasteiger partial charge on any atom is 0.0326 e. The summed E-state index contributed by atoms with van der Waals surface area (Å²) in [6.07, 6.45) is 5.08. The Kier molecular flexibility index (Phi) is 4.19. The Bertz CT molecular complexity index is 373. The molecule has 0 aliphatic heterocycles. The van der Waals surface area contributed by atoms with Gasteiger partial charge in [-0.3, -0.25) is 0 Å². The molecule has 1 atom stereocenters. The van der Waals surface area contributed by atoms with E-state index in [1.165, 1.54) is 36.8 Å². The zero-order valence-electron chi connectivity index (χ0n) is 9.51. The van der Waals surface area contributed by atoms with Crippen molar-refractivity contribution in [3.63, 3.8) is 0 Å². The number of hydrogen-bond acceptors (Lipinski definition) is 1. The van der Waals surface area contributed by atoms with Crippen molar-refractivity contribution in [3.8, 4) is 0 Å². The second-order valence-electron chi connectivity index (χ2n) is 4.40. The number of fused-ring (bicyclic) bond motifs is 1. The lowest BCUT2D eigenvalue weighted by Crippen LogP contribution is -2.22. The molecule has 0 spiro atoms. The van der Waals surface area contributed by atoms with Gasteiger partial charge >= 0.3 is 0 Å². The number of hydrogen-bond donors (Lipinski definition) is 1. The Morgan fingerprint density at radius 1 is 1.38 bits per heavy atom. The first kappa shape index (κ1) is 11.9. The molecule has 0 amide bonds. The van der Waals surface area contributed by atoms with Crippen molar-refractivity contribution < 1.29 is 0 Å². The highest BCUT2D eigenvalue weighted by molar-refractivity contribution is 9.11. The quantitative estimate of drug-likeness (QED) is 0.827. The van der Waals surface area contributed by atoms with Crippen LogP contribution in [0.1, 0.15) is 36.4 Å². The second kappa shape index (κ2) is 5.65. The molecule has 0 fully saturated rings. The van der Waals surface area contributed by atoms with Crippen molar-refractivity contribution in [3.05, 3.63) is 46.5 Å². The summed E-state index contributed by atoms with van der Waals surface area (Å²) in [5, 5.41) is 3.57. The van der Waals surface area contributed by atoms with Gasteiger partial charge in [0.2, 0.25) is 0 Å². The van der Waals surface area contributed by atoms with Crippen LogP contribution < -0.4 is 5.32 Å². The highest BCUT2D eigenvalue weighted by Gasteiger charge is 2.17. The molecule has 0 bridgehead atoms. The standard InChI is InChI=1S/C14H18BrN/c1-11(15)10-16-14-9-5-3-7-12-6-2-4-8-13(12)14/h2,4,6,8,14,16H,1,3,5,7,9-10H2. The van der Waals surface area contributed by atoms with E-state index in [-0.39, 0.29) is 0 Å². The predicted molar refractivity (Wildman–Crippen MR) is 72.8 cm³/mol. The normalized spacial score (nSPS) is 19.9. The lowest BCUT2D eigenvalue weighted by atomic mass is 9.99. The number of benzene rings is 1. The molecule has 1 N–H and O–H groups in total. The van der Waals surface area contributed by atoms with Crippen LogP contribution in [0.5, 0.6) is 0 Å². The molecule has 0 radical (unpaired) electrons. The molecule has 0 heterocycles. The molecule has 1 aromatic carbocycles. The molecular formula is C14H18BrN. The van der Waals surface area contributed by atoms with E-state index < -0.39 is 0 Å². The van der Waals surface area contributed by atoms with E-state index in [4.69, 9.17) is 0 Å². The van der Waals surface area contributed by atoms with Crippen molar-refractivity contribution in [1.82, 2.24) is 5.32 Å². The molecule has 1 nitrogen and oxygen atoms in total. The fraction of sp³-hybridized carbons (Fsp3) is 0.429. The molecule has 1 unspecified atom stereocenters. The van der Waals surface area contributed by atoms with Crippen LogP contribution in [-0.2, 0) is 6.42 Å². The largest absolute Gasteiger partial charge is 0.305 e. The Morgan fingerprint density at radius 3 is 3.00 bits per heavy atom. The van der Waals surface area contributed by atoms with Crippen LogP contribution in [0.2, 0.25) is 0 Å². The lowest BCUT2D eigenvalue weighted by Gasteiger charge is -2.19. The van der Waals surface area contributed by atoms with E-state index >= 15 is 0 Å². The lowest BCUT2D eigenvalue weighted by molar-refractivity contribution is 0.513. The molecule has 0 saturated carbocycles. The monoisotopic (exact) mass is 279 g/mol. The first-order chi connectivity index (χ1) is 7.77. The average molecular weight is 280 g/mol. The zero-order valence-corrected chi connectivity index (χ0v) is 11.1. The number of rotatable bonds is 3. The predicted octanol–water partition coefficient (Wildman–Crippen LogP) is 3.95. The third kappa shape index (κ3) is 2.96. The van der Waals surface area contributed by atoms with E-state index in [2.05, 4.69) is 52.1 Å². The van der Waals surface area contributed by atoms with Gasteiger partial charge in [-0.1, -0.05) is 53.2 Å². The summed E-state index contributed by atoms with van der Waals surface area (Å²) >= 11 is 3.40. The maximum absolute atomic E-state index is 3.87. The van der Waals surface area contributed by atoms with Gasteiger partial charge in [0, 0.05) is 17.1 Å². The molecule has 0 saturated heterocycles. The van der Waals surface area contributed by atoms with Crippen molar-refractivity contribution in [2.75, 3.05) is 6.54 Å². The van der Waals surface area contributed by atoms with Gasteiger partial charge in [-0.05, 0) is 30.4 Å². The number of nitrogens with one attached hydrogen (secondary N) is 1. The summed E-state index contributed by atoms with van der Waals surface area (Å²) in [7, 11) is 0. The Labute approximate surface area is 106 Å². The number of halogens is 1. The first-order valence-corrected chi connectivity index (χ1v) is 6.71. The SMILES string of the molecule is C=C(Br)CNC1CCCCc2ccccc21. The van der Waals surface area contributed by atoms with E-state index in [0.29, 0.717) is 6.04 Å². The van der Waals surface area contributed by atoms with Crippen LogP contribution >= 0.6 is 15.9 Å². The third-order valence-electron chi connectivity index (χ3n) is 3.16. The summed E-state index contributed by atoms with van der Waals surface area (Å²) in [4.78, 5) is 0. The van der Waals surface area contributed by atoms with Gasteiger partial charge in [-0.15, -0.1) is 0 Å². The average Bonchev–Trinajstić information content (AvgIpc) is 2.48. The van der Waals surface area contributed by atoms with E-state index in [1.807, 2.05) is 0 Å². The minimum atomic E-state index is 0.494. The summed E-state index contributed by atoms with van der Waals surface area (Å²) < 4.78 is 1.02. The van der Waals surface area contributed by atoms with Crippen LogP contribution in [0.25, 0.3) is 0 Å². The fourth-order valence-corrected chi connectivity index (χ4v) is 2.53. The fourth-order valence-electron chi connectivity index (χ4n) is 2.37. The molecule has 86 valence electrons. The summed E-state index contributed by atoms with van der Waals surface area (Å²) in [5.74, 6) is 0. The van der Waals surface area contributed by atoms with Crippen molar-refractivity contribution >= 4 is 15.9 Å². The van der Waals surface area contributed by atoms with Gasteiger partial charge < -0.3 is 5.32 Å². The van der Waals surface area contributed by atoms with Gasteiger partial charge in [0.05, 0.1) is 0 Å². The van der Waals surface area contributed by atoms with E-state index in [1.54, 1.807) is 0 Å². The third-order valence-corrected chi connectivity index (χ3v) is 3.44. The second-order valence-corrected chi connectivity index (χ2v) is 5.52. The van der Waals surface area contributed by atoms with E-state index in [0.717, 1.165) is 11.0 Å². The van der Waals surface area contributed by atoms with Crippen LogP contribution in [0, 0.1) is 0 Å². The van der Waals surface area contributed by atoms with Crippen LogP contribution in [0.3, 0.4) is 0 Å². The molecule has 16 heavy (non-hydrogen) atoms. The van der Waals surface area contributed by atoms with Gasteiger partial charge in [0.25, 0.3) is 0 Å². The first-order valence-electron chi connectivity index (χ1n) is 5.92. The summed E-state index contributed by atoms with van der Waals surface area (Å²) in [6.45, 7) is 4.72. The molecule has 1 aromatic rings. The molecule has 1 aliphatic rings. The Hall–Kier alpha value is -0.600. The minimum absolute atomic E-state index is 0.494. The minimum Gasteiger partial charge on any atom is -0.305 e. The maximum atomic E-state index is 3.87. The smallest absolute Gasteiger partial charge is 0.0326 e. The number of aryl methyl sites for hydroxylation is 1. The highest BCUT2D eigenvalue weighted by atomic mass is 79.9. The van der Waals surface area contributed by atoms with Crippen LogP contribution in [0.15, 0.2) is 35.3 Å². The van der Waals surface area contributed by atoms with Gasteiger partial charge in [-0.25, -0.2) is 0 Å². The summed E-state index contributed by atoms with van der Waals surface area (Å²) in [6, 6.07) is 9.30. The molecular weight excluding hydrogens is 262 g/mol. The van der Waals surface area contributed by atoms with Crippen molar-refractivity contribution in [1.29, 1.82) is 0 Å². The molecule has 2 heteroatoms. The summed E-state index contributed by atoms with van der Waals surface area (Å²) in [5.41, 5.74) is 2.99. The van der Waals surface area contributed by atoms with Crippen molar-refractivity contribution in [2.24, 2.45) is 0 Å².